The molecule has 1 amide bonds. The molecule has 2 aromatic carbocycles. The second-order valence-electron chi connectivity index (χ2n) is 6.28. The van der Waals surface area contributed by atoms with Crippen molar-refractivity contribution in [3.63, 3.8) is 0 Å². The third-order valence-electron chi connectivity index (χ3n) is 4.15. The summed E-state index contributed by atoms with van der Waals surface area (Å²) in [7, 11) is -2.57. The van der Waals surface area contributed by atoms with E-state index in [4.69, 9.17) is 21.2 Å². The average molecular weight is 436 g/mol. The van der Waals surface area contributed by atoms with Gasteiger partial charge < -0.3 is 4.42 Å². The number of aromatic nitrogens is 1. The lowest BCUT2D eigenvalue weighted by Gasteiger charge is -2.06. The summed E-state index contributed by atoms with van der Waals surface area (Å²) >= 11 is 5.95. The number of oxazole rings is 1. The Bertz CT molecular complexity index is 1120. The number of rotatable bonds is 6. The normalized spacial score (nSPS) is 11.4. The molecule has 0 aliphatic carbocycles. The molecule has 0 radical (unpaired) electrons. The van der Waals surface area contributed by atoms with Crippen molar-refractivity contribution in [2.24, 2.45) is 5.14 Å². The van der Waals surface area contributed by atoms with Crippen molar-refractivity contribution in [3.8, 4) is 22.6 Å². The molecule has 10 heteroatoms. The molecule has 0 saturated carbocycles. The van der Waals surface area contributed by atoms with E-state index in [-0.39, 0.29) is 17.7 Å². The zero-order valence-corrected chi connectivity index (χ0v) is 16.9. The molecule has 0 unspecified atom stereocenters. The molecular formula is C19H18ClN3O5S. The van der Waals surface area contributed by atoms with E-state index in [9.17, 15) is 18.4 Å². The van der Waals surface area contributed by atoms with Crippen molar-refractivity contribution in [2.45, 2.75) is 17.7 Å². The number of primary sulfonamides is 1. The summed E-state index contributed by atoms with van der Waals surface area (Å²) in [6.07, 6.45) is 0.191. The van der Waals surface area contributed by atoms with Gasteiger partial charge in [-0.1, -0.05) is 23.7 Å². The average Bonchev–Trinajstić information content (AvgIpc) is 3.10. The first-order valence-corrected chi connectivity index (χ1v) is 10.4. The summed E-state index contributed by atoms with van der Waals surface area (Å²) in [4.78, 5) is 16.1. The topological polar surface area (TPSA) is 127 Å². The van der Waals surface area contributed by atoms with Crippen molar-refractivity contribution in [2.75, 3.05) is 7.05 Å². The van der Waals surface area contributed by atoms with E-state index in [2.05, 4.69) is 4.98 Å². The van der Waals surface area contributed by atoms with Crippen molar-refractivity contribution in [1.82, 2.24) is 10.0 Å². The van der Waals surface area contributed by atoms with E-state index in [1.54, 1.807) is 36.4 Å². The van der Waals surface area contributed by atoms with Gasteiger partial charge in [0.25, 0.3) is 0 Å². The maximum Gasteiger partial charge on any atom is 0.246 e. The number of nitrogens with two attached hydrogens (primary N) is 1. The molecule has 8 nitrogen and oxygen atoms in total. The number of carbonyl (C=O) groups is 1. The minimum Gasteiger partial charge on any atom is -0.440 e. The Labute approximate surface area is 172 Å². The predicted molar refractivity (Wildman–Crippen MR) is 107 cm³/mol. The molecular weight excluding hydrogens is 418 g/mol. The maximum absolute atomic E-state index is 11.6. The fourth-order valence-electron chi connectivity index (χ4n) is 2.64. The van der Waals surface area contributed by atoms with Crippen LogP contribution < -0.4 is 5.14 Å². The standard InChI is InChI=1S/C19H18ClN3O5S/c1-23(25)17(24)11-10-16-22-18(12-4-8-15(9-5-12)29(21,26)27)19(28-16)13-2-6-14(20)7-3-13/h2-9,25H,10-11H2,1H3,(H2,21,26,27). The van der Waals surface area contributed by atoms with Crippen LogP contribution in [-0.2, 0) is 21.2 Å². The maximum atomic E-state index is 11.6. The van der Waals surface area contributed by atoms with Gasteiger partial charge in [0, 0.05) is 36.0 Å². The number of amides is 1. The van der Waals surface area contributed by atoms with Gasteiger partial charge in [-0.3, -0.25) is 10.0 Å². The van der Waals surface area contributed by atoms with Gasteiger partial charge in [0.2, 0.25) is 15.9 Å². The number of benzene rings is 2. The van der Waals surface area contributed by atoms with Crippen LogP contribution in [0.5, 0.6) is 0 Å². The summed E-state index contributed by atoms with van der Waals surface area (Å²) in [6.45, 7) is 0. The molecule has 3 rings (SSSR count). The van der Waals surface area contributed by atoms with Gasteiger partial charge >= 0.3 is 0 Å². The monoisotopic (exact) mass is 435 g/mol. The second-order valence-corrected chi connectivity index (χ2v) is 8.28. The van der Waals surface area contributed by atoms with E-state index in [0.717, 1.165) is 0 Å². The molecule has 0 atom stereocenters. The lowest BCUT2D eigenvalue weighted by molar-refractivity contribution is -0.159. The van der Waals surface area contributed by atoms with Gasteiger partial charge in [-0.25, -0.2) is 23.6 Å². The van der Waals surface area contributed by atoms with Gasteiger partial charge in [0.1, 0.15) is 5.69 Å². The lowest BCUT2D eigenvalue weighted by Crippen LogP contribution is -2.22. The van der Waals surface area contributed by atoms with E-state index in [1.165, 1.54) is 19.2 Å². The largest absolute Gasteiger partial charge is 0.440 e. The predicted octanol–water partition coefficient (Wildman–Crippen LogP) is 3.09. The van der Waals surface area contributed by atoms with Crippen molar-refractivity contribution in [3.05, 3.63) is 59.4 Å². The van der Waals surface area contributed by atoms with Crippen LogP contribution in [0.15, 0.2) is 57.8 Å². The van der Waals surface area contributed by atoms with Crippen LogP contribution in [-0.4, -0.2) is 36.6 Å². The van der Waals surface area contributed by atoms with Crippen LogP contribution in [0.1, 0.15) is 12.3 Å². The number of hydrogen-bond acceptors (Lipinski definition) is 6. The highest BCUT2D eigenvalue weighted by Gasteiger charge is 2.19. The highest BCUT2D eigenvalue weighted by molar-refractivity contribution is 7.89. The summed E-state index contributed by atoms with van der Waals surface area (Å²) in [6, 6.07) is 12.9. The van der Waals surface area contributed by atoms with Gasteiger partial charge in [-0.15, -0.1) is 0 Å². The number of carbonyl (C=O) groups excluding carboxylic acids is 1. The molecule has 1 aromatic heterocycles. The Kier molecular flexibility index (Phi) is 6.04. The van der Waals surface area contributed by atoms with Gasteiger partial charge in [-0.05, 0) is 36.4 Å². The molecule has 29 heavy (non-hydrogen) atoms. The minimum absolute atomic E-state index is 0.0113. The van der Waals surface area contributed by atoms with Crippen LogP contribution in [0, 0.1) is 0 Å². The Morgan fingerprint density at radius 1 is 1.14 bits per heavy atom. The molecule has 0 aliphatic heterocycles. The van der Waals surface area contributed by atoms with E-state index >= 15 is 0 Å². The molecule has 3 aromatic rings. The smallest absolute Gasteiger partial charge is 0.246 e. The molecule has 1 heterocycles. The van der Waals surface area contributed by atoms with E-state index in [1.807, 2.05) is 0 Å². The van der Waals surface area contributed by atoms with Crippen LogP contribution in [0.25, 0.3) is 22.6 Å². The number of sulfonamides is 1. The molecule has 0 fully saturated rings. The van der Waals surface area contributed by atoms with Crippen LogP contribution >= 0.6 is 11.6 Å². The zero-order valence-electron chi connectivity index (χ0n) is 15.4. The van der Waals surface area contributed by atoms with Crippen LogP contribution in [0.4, 0.5) is 0 Å². The number of hydrogen-bond donors (Lipinski definition) is 2. The minimum atomic E-state index is -3.81. The Morgan fingerprint density at radius 3 is 2.28 bits per heavy atom. The van der Waals surface area contributed by atoms with Gasteiger partial charge in [0.05, 0.1) is 4.90 Å². The third kappa shape index (κ3) is 5.01. The number of nitrogens with zero attached hydrogens (tertiary/aromatic N) is 2. The molecule has 0 bridgehead atoms. The number of hydroxylamine groups is 2. The number of halogens is 1. The van der Waals surface area contributed by atoms with Crippen molar-refractivity contribution >= 4 is 27.5 Å². The summed E-state index contributed by atoms with van der Waals surface area (Å²) < 4.78 is 28.8. The van der Waals surface area contributed by atoms with Gasteiger partial charge in [-0.2, -0.15) is 0 Å². The lowest BCUT2D eigenvalue weighted by atomic mass is 10.1. The fourth-order valence-corrected chi connectivity index (χ4v) is 3.28. The zero-order chi connectivity index (χ0) is 21.2. The van der Waals surface area contributed by atoms with Crippen LogP contribution in [0.2, 0.25) is 5.02 Å². The van der Waals surface area contributed by atoms with Crippen molar-refractivity contribution in [1.29, 1.82) is 0 Å². The Hall–Kier alpha value is -2.72. The third-order valence-corrected chi connectivity index (χ3v) is 5.33. The van der Waals surface area contributed by atoms with E-state index < -0.39 is 15.9 Å². The first kappa shape index (κ1) is 21.0. The van der Waals surface area contributed by atoms with Gasteiger partial charge in [0.15, 0.2) is 11.7 Å². The van der Waals surface area contributed by atoms with Crippen LogP contribution in [0.3, 0.4) is 0 Å². The Morgan fingerprint density at radius 2 is 1.72 bits per heavy atom. The number of aryl methyl sites for hydroxylation is 1. The first-order chi connectivity index (χ1) is 13.6. The Balaban J connectivity index is 2.01. The van der Waals surface area contributed by atoms with E-state index in [0.29, 0.717) is 38.6 Å². The summed E-state index contributed by atoms with van der Waals surface area (Å²) in [5, 5.41) is 15.4. The fraction of sp³-hybridized carbons (Fsp3) is 0.158. The molecule has 3 N–H and O–H groups in total. The molecule has 0 saturated heterocycles. The molecule has 152 valence electrons. The summed E-state index contributed by atoms with van der Waals surface area (Å²) in [5.41, 5.74) is 1.81. The second kappa shape index (κ2) is 8.34. The first-order valence-electron chi connectivity index (χ1n) is 8.49. The SMILES string of the molecule is CN(O)C(=O)CCc1nc(-c2ccc(S(N)(=O)=O)cc2)c(-c2ccc(Cl)cc2)o1. The molecule has 0 aliphatic rings. The van der Waals surface area contributed by atoms with Crippen molar-refractivity contribution < 1.29 is 22.8 Å². The highest BCUT2D eigenvalue weighted by Crippen LogP contribution is 2.34. The quantitative estimate of drug-likeness (QED) is 0.452. The molecule has 0 spiro atoms. The summed E-state index contributed by atoms with van der Waals surface area (Å²) in [5.74, 6) is 0.274. The highest BCUT2D eigenvalue weighted by atomic mass is 35.5.